The van der Waals surface area contributed by atoms with E-state index in [0.717, 1.165) is 57.2 Å². The van der Waals surface area contributed by atoms with E-state index in [1.54, 1.807) is 0 Å². The Morgan fingerprint density at radius 1 is 0.892 bits per heavy atom. The van der Waals surface area contributed by atoms with Crippen molar-refractivity contribution in [3.05, 3.63) is 11.1 Å². The van der Waals surface area contributed by atoms with Crippen molar-refractivity contribution in [3.63, 3.8) is 0 Å². The van der Waals surface area contributed by atoms with Gasteiger partial charge in [-0.2, -0.15) is 0 Å². The van der Waals surface area contributed by atoms with Gasteiger partial charge in [0.15, 0.2) is 5.78 Å². The summed E-state index contributed by atoms with van der Waals surface area (Å²) in [5.41, 5.74) is 2.24. The van der Waals surface area contributed by atoms with Gasteiger partial charge in [-0.25, -0.2) is 0 Å². The summed E-state index contributed by atoms with van der Waals surface area (Å²) in [4.78, 5) is 29.8. The number of aliphatic hydroxyl groups is 1. The predicted molar refractivity (Wildman–Crippen MR) is 147 cm³/mol. The molecule has 1 N–H and O–H groups in total. The molecular weight excluding hydrogens is 458 g/mol. The number of carbonyl (C=O) groups excluding carboxylic acids is 2. The lowest BCUT2D eigenvalue weighted by atomic mass is 9.33. The largest absolute Gasteiger partial charge is 0.393 e. The molecule has 8 atom stereocenters. The molecular formula is C33H51NO3. The highest BCUT2D eigenvalue weighted by molar-refractivity contribution is 6.07. The second-order valence-electron chi connectivity index (χ2n) is 15.8. The number of allylic oxidation sites excluding steroid dienone is 1. The monoisotopic (exact) mass is 509 g/mol. The number of aliphatic hydroxyl groups excluding tert-OH is 1. The number of carbonyl (C=O) groups is 2. The van der Waals surface area contributed by atoms with Crippen molar-refractivity contribution < 1.29 is 14.7 Å². The molecule has 1 saturated heterocycles. The molecule has 1 heterocycles. The molecule has 6 rings (SSSR count). The Morgan fingerprint density at radius 2 is 1.59 bits per heavy atom. The van der Waals surface area contributed by atoms with E-state index >= 15 is 0 Å². The first-order chi connectivity index (χ1) is 17.2. The Labute approximate surface area is 225 Å². The normalized spacial score (nSPS) is 48.7. The molecule has 4 heteroatoms. The van der Waals surface area contributed by atoms with Crippen LogP contribution in [-0.2, 0) is 9.59 Å². The van der Waals surface area contributed by atoms with E-state index in [4.69, 9.17) is 0 Å². The van der Waals surface area contributed by atoms with Crippen LogP contribution in [0.1, 0.15) is 113 Å². The van der Waals surface area contributed by atoms with Gasteiger partial charge in [-0.15, -0.1) is 0 Å². The topological polar surface area (TPSA) is 57.6 Å². The maximum atomic E-state index is 14.1. The van der Waals surface area contributed by atoms with Crippen LogP contribution in [0.25, 0.3) is 0 Å². The van der Waals surface area contributed by atoms with E-state index in [2.05, 4.69) is 48.5 Å². The predicted octanol–water partition coefficient (Wildman–Crippen LogP) is 6.56. The minimum atomic E-state index is -0.567. The summed E-state index contributed by atoms with van der Waals surface area (Å²) in [6.07, 6.45) is 9.93. The molecule has 5 aliphatic carbocycles. The van der Waals surface area contributed by atoms with Gasteiger partial charge in [0.1, 0.15) is 0 Å². The number of hydrogen-bond donors (Lipinski definition) is 1. The Kier molecular flexibility index (Phi) is 5.60. The van der Waals surface area contributed by atoms with Gasteiger partial charge in [-0.3, -0.25) is 9.59 Å². The molecule has 1 amide bonds. The van der Waals surface area contributed by atoms with Crippen molar-refractivity contribution in [1.82, 2.24) is 4.90 Å². The van der Waals surface area contributed by atoms with E-state index in [1.165, 1.54) is 24.8 Å². The minimum Gasteiger partial charge on any atom is -0.393 e. The second kappa shape index (κ2) is 7.95. The van der Waals surface area contributed by atoms with Crippen LogP contribution >= 0.6 is 0 Å². The van der Waals surface area contributed by atoms with Crippen molar-refractivity contribution in [2.75, 3.05) is 13.1 Å². The van der Waals surface area contributed by atoms with Crippen LogP contribution in [0.15, 0.2) is 11.1 Å². The van der Waals surface area contributed by atoms with Gasteiger partial charge in [0.2, 0.25) is 5.91 Å². The summed E-state index contributed by atoms with van der Waals surface area (Å²) in [5, 5.41) is 11.0. The van der Waals surface area contributed by atoms with E-state index in [0.29, 0.717) is 24.2 Å². The third kappa shape index (κ3) is 3.06. The zero-order valence-corrected chi connectivity index (χ0v) is 24.6. The molecule has 0 aromatic rings. The lowest BCUT2D eigenvalue weighted by molar-refractivity contribution is -0.228. The molecule has 1 aliphatic heterocycles. The van der Waals surface area contributed by atoms with Crippen LogP contribution in [0, 0.1) is 50.7 Å². The fraction of sp³-hybridized carbons (Fsp3) is 0.879. The quantitative estimate of drug-likeness (QED) is 0.459. The number of fused-ring (bicyclic) bond motifs is 7. The summed E-state index contributed by atoms with van der Waals surface area (Å²) < 4.78 is 0. The number of amides is 1. The van der Waals surface area contributed by atoms with E-state index in [-0.39, 0.29) is 45.4 Å². The Balaban J connectivity index is 1.44. The Bertz CT molecular complexity index is 1050. The van der Waals surface area contributed by atoms with Gasteiger partial charge in [0, 0.05) is 19.5 Å². The maximum Gasteiger partial charge on any atom is 0.233 e. The second-order valence-corrected chi connectivity index (χ2v) is 15.8. The third-order valence-electron chi connectivity index (χ3n) is 14.0. The zero-order valence-electron chi connectivity index (χ0n) is 24.6. The average Bonchev–Trinajstić information content (AvgIpc) is 3.09. The zero-order chi connectivity index (χ0) is 26.8. The molecule has 0 spiro atoms. The van der Waals surface area contributed by atoms with Crippen molar-refractivity contribution in [3.8, 4) is 0 Å². The molecule has 4 saturated carbocycles. The Morgan fingerprint density at radius 3 is 2.22 bits per heavy atom. The highest BCUT2D eigenvalue weighted by atomic mass is 16.3. The molecule has 0 unspecified atom stereocenters. The number of likely N-dealkylation sites (tertiary alicyclic amines) is 1. The van der Waals surface area contributed by atoms with Crippen molar-refractivity contribution >= 4 is 11.7 Å². The smallest absolute Gasteiger partial charge is 0.233 e. The van der Waals surface area contributed by atoms with E-state index in [1.807, 2.05) is 4.90 Å². The van der Waals surface area contributed by atoms with Crippen LogP contribution in [0.5, 0.6) is 0 Å². The summed E-state index contributed by atoms with van der Waals surface area (Å²) >= 11 is 0. The number of nitrogens with zero attached hydrogens (tertiary/aromatic N) is 1. The number of Topliss-reactive ketones (excluding diaryl/α,β-unsaturated/α-hetero) is 1. The van der Waals surface area contributed by atoms with Crippen LogP contribution in [0.4, 0.5) is 0 Å². The molecule has 6 aliphatic rings. The van der Waals surface area contributed by atoms with Crippen LogP contribution in [-0.4, -0.2) is 40.9 Å². The van der Waals surface area contributed by atoms with Gasteiger partial charge in [0.25, 0.3) is 0 Å². The van der Waals surface area contributed by atoms with Gasteiger partial charge >= 0.3 is 0 Å². The van der Waals surface area contributed by atoms with Crippen LogP contribution in [0.3, 0.4) is 0 Å². The van der Waals surface area contributed by atoms with Crippen molar-refractivity contribution in [2.45, 2.75) is 119 Å². The van der Waals surface area contributed by atoms with Crippen LogP contribution in [0.2, 0.25) is 0 Å². The molecule has 206 valence electrons. The molecule has 37 heavy (non-hydrogen) atoms. The lowest BCUT2D eigenvalue weighted by Crippen LogP contribution is -2.66. The number of ketones is 1. The molecule has 0 bridgehead atoms. The van der Waals surface area contributed by atoms with Gasteiger partial charge < -0.3 is 10.0 Å². The summed E-state index contributed by atoms with van der Waals surface area (Å²) in [5.74, 6) is 2.22. The van der Waals surface area contributed by atoms with E-state index < -0.39 is 5.41 Å². The molecule has 4 nitrogen and oxygen atoms in total. The maximum absolute atomic E-state index is 14.1. The van der Waals surface area contributed by atoms with Gasteiger partial charge in [-0.1, -0.05) is 48.5 Å². The molecule has 5 fully saturated rings. The molecule has 0 radical (unpaired) electrons. The molecule has 0 aromatic carbocycles. The fourth-order valence-corrected chi connectivity index (χ4v) is 11.7. The van der Waals surface area contributed by atoms with Gasteiger partial charge in [0.05, 0.1) is 11.5 Å². The SMILES string of the molecule is CC(C)C1=C2[C@H]3CC[C@@H]4[C@@]5(C)CC[C@H](O)C(C)(C)[C@@H]5CC[C@@]4(C)[C@]3(C)CC[C@@]2(C(=O)N2CCC2)CC1=O. The molecule has 0 aromatic heterocycles. The fourth-order valence-electron chi connectivity index (χ4n) is 11.7. The summed E-state index contributed by atoms with van der Waals surface area (Å²) in [6.45, 7) is 18.4. The first kappa shape index (κ1) is 26.1. The highest BCUT2D eigenvalue weighted by Crippen LogP contribution is 2.76. The first-order valence-electron chi connectivity index (χ1n) is 15.5. The highest BCUT2D eigenvalue weighted by Gasteiger charge is 2.71. The number of rotatable bonds is 2. The minimum absolute atomic E-state index is 0.0390. The first-order valence-corrected chi connectivity index (χ1v) is 15.5. The summed E-state index contributed by atoms with van der Waals surface area (Å²) in [7, 11) is 0. The van der Waals surface area contributed by atoms with Crippen LogP contribution < -0.4 is 0 Å². The van der Waals surface area contributed by atoms with Crippen molar-refractivity contribution in [2.24, 2.45) is 50.7 Å². The summed E-state index contributed by atoms with van der Waals surface area (Å²) in [6, 6.07) is 0. The number of hydrogen-bond acceptors (Lipinski definition) is 3. The lowest BCUT2D eigenvalue weighted by Gasteiger charge is -2.72. The van der Waals surface area contributed by atoms with E-state index in [9.17, 15) is 14.7 Å². The standard InChI is InChI=1S/C33H51NO3/c1-20(2)26-22(35)19-33(28(37)34-17-8-18-34)16-15-31(6)21(27(26)33)9-10-24-30(5)13-12-25(36)29(3,4)23(30)11-14-32(24,31)7/h20-21,23-25,36H,8-19H2,1-7H3/t21-,23+,24-,25+,30+,31-,32-,33-/m1/s1. The van der Waals surface area contributed by atoms with Gasteiger partial charge in [-0.05, 0) is 114 Å². The Hall–Kier alpha value is -1.16. The third-order valence-corrected chi connectivity index (χ3v) is 14.0. The van der Waals surface area contributed by atoms with Crippen molar-refractivity contribution in [1.29, 1.82) is 0 Å². The average molecular weight is 510 g/mol.